The van der Waals surface area contributed by atoms with Crippen LogP contribution < -0.4 is 0 Å². The Kier molecular flexibility index (Phi) is 11.2. The molecule has 6 heterocycles. The summed E-state index contributed by atoms with van der Waals surface area (Å²) >= 11 is 0. The van der Waals surface area contributed by atoms with Crippen molar-refractivity contribution in [3.63, 3.8) is 0 Å². The van der Waals surface area contributed by atoms with Crippen molar-refractivity contribution in [3.8, 4) is 78.9 Å². The van der Waals surface area contributed by atoms with Crippen LogP contribution in [0.4, 0.5) is 0 Å². The van der Waals surface area contributed by atoms with Gasteiger partial charge in [0.1, 0.15) is 23.3 Å². The number of hydrogen-bond acceptors (Lipinski definition) is 2. The number of para-hydroxylation sites is 8. The Hall–Kier alpha value is -11.9. The molecular weight excluding hydrogens is 1070 g/mol. The molecule has 0 spiro atoms. The first kappa shape index (κ1) is 49.6. The fourth-order valence-corrected chi connectivity index (χ4v) is 13.9. The molecule has 0 atom stereocenters. The second-order valence-electron chi connectivity index (χ2n) is 22.9. The van der Waals surface area contributed by atoms with Gasteiger partial charge in [-0.1, -0.05) is 224 Å². The minimum atomic E-state index is 0.859. The van der Waals surface area contributed by atoms with Gasteiger partial charge in [-0.05, 0) is 147 Å². The summed E-state index contributed by atoms with van der Waals surface area (Å²) in [5, 5.41) is 9.59. The Labute approximate surface area is 507 Å². The number of pyridine rings is 2. The molecule has 0 radical (unpaired) electrons. The van der Waals surface area contributed by atoms with E-state index in [-0.39, 0.29) is 0 Å². The Morgan fingerprint density at radius 2 is 0.318 bits per heavy atom. The molecule has 6 nitrogen and oxygen atoms in total. The molecule has 88 heavy (non-hydrogen) atoms. The molecule has 0 fully saturated rings. The maximum absolute atomic E-state index is 5.60. The highest BCUT2D eigenvalue weighted by Crippen LogP contribution is 2.41. The number of rotatable bonds is 9. The van der Waals surface area contributed by atoms with E-state index >= 15 is 0 Å². The number of fused-ring (bicyclic) bond motifs is 12. The van der Waals surface area contributed by atoms with Crippen molar-refractivity contribution in [1.82, 2.24) is 28.2 Å². The highest BCUT2D eigenvalue weighted by Gasteiger charge is 2.22. The molecular formula is C82H52N6. The molecule has 0 aliphatic heterocycles. The topological polar surface area (TPSA) is 45.5 Å². The quantitative estimate of drug-likeness (QED) is 0.145. The molecule has 12 aromatic carbocycles. The third kappa shape index (κ3) is 7.89. The third-order valence-corrected chi connectivity index (χ3v) is 18.0. The summed E-state index contributed by atoms with van der Waals surface area (Å²) in [4.78, 5) is 11.2. The van der Waals surface area contributed by atoms with E-state index in [0.717, 1.165) is 123 Å². The lowest BCUT2D eigenvalue weighted by molar-refractivity contribution is 1.01. The molecule has 18 rings (SSSR count). The molecule has 0 N–H and O–H groups in total. The predicted octanol–water partition coefficient (Wildman–Crippen LogP) is 21.2. The summed E-state index contributed by atoms with van der Waals surface area (Å²) in [5.74, 6) is 3.44. The molecule has 6 aromatic heterocycles. The summed E-state index contributed by atoms with van der Waals surface area (Å²) in [6, 6.07) is 114. The van der Waals surface area contributed by atoms with Gasteiger partial charge in [0.2, 0.25) is 0 Å². The van der Waals surface area contributed by atoms with Gasteiger partial charge in [0.05, 0.1) is 44.1 Å². The van der Waals surface area contributed by atoms with Gasteiger partial charge in [-0.3, -0.25) is 18.3 Å². The molecule has 18 aromatic rings. The van der Waals surface area contributed by atoms with Crippen molar-refractivity contribution >= 4 is 87.2 Å². The van der Waals surface area contributed by atoms with E-state index in [2.05, 4.69) is 334 Å². The summed E-state index contributed by atoms with van der Waals surface area (Å²) in [6.07, 6.45) is 0. The average molecular weight is 1120 g/mol. The van der Waals surface area contributed by atoms with Crippen molar-refractivity contribution in [2.45, 2.75) is 0 Å². The van der Waals surface area contributed by atoms with Crippen molar-refractivity contribution in [2.24, 2.45) is 0 Å². The van der Waals surface area contributed by atoms with E-state index in [9.17, 15) is 0 Å². The van der Waals surface area contributed by atoms with Crippen LogP contribution >= 0.6 is 0 Å². The molecule has 0 amide bonds. The van der Waals surface area contributed by atoms with Gasteiger partial charge in [0.15, 0.2) is 0 Å². The minimum absolute atomic E-state index is 0.859. The standard InChI is InChI=1S/C82H52N6/c1-2-20-53(21-3-1)58-46-59(54-38-42-56(43-39-54)61-49-79(85-71-30-12-4-22-63(71)64-23-5-13-31-72(64)85)83-80(50-61)86-73-32-14-6-24-65(73)66-25-7-15-33-74(66)86)48-60(47-58)55-40-44-57(45-41-55)62-51-81(87-75-34-16-8-26-67(75)68-27-9-17-35-76(68)87)84-82(52-62)88-77-36-18-10-28-69(77)70-29-11-19-37-78(70)88/h1-52H. The summed E-state index contributed by atoms with van der Waals surface area (Å²) < 4.78 is 9.31. The lowest BCUT2D eigenvalue weighted by Gasteiger charge is -2.16. The van der Waals surface area contributed by atoms with Crippen LogP contribution in [-0.2, 0) is 0 Å². The van der Waals surface area contributed by atoms with Crippen LogP contribution in [0.1, 0.15) is 0 Å². The number of nitrogens with zero attached hydrogens (tertiary/aromatic N) is 6. The Bertz CT molecular complexity index is 4990. The zero-order valence-corrected chi connectivity index (χ0v) is 47.7. The van der Waals surface area contributed by atoms with Crippen molar-refractivity contribution in [3.05, 3.63) is 315 Å². The van der Waals surface area contributed by atoms with Crippen LogP contribution in [-0.4, -0.2) is 28.2 Å². The predicted molar refractivity (Wildman–Crippen MR) is 367 cm³/mol. The maximum atomic E-state index is 5.60. The van der Waals surface area contributed by atoms with Crippen LogP contribution in [0.15, 0.2) is 315 Å². The van der Waals surface area contributed by atoms with E-state index in [1.165, 1.54) is 43.1 Å². The Morgan fingerprint density at radius 1 is 0.148 bits per heavy atom. The normalized spacial score (nSPS) is 11.9. The number of benzene rings is 12. The first-order valence-electron chi connectivity index (χ1n) is 30.0. The maximum Gasteiger partial charge on any atom is 0.140 e. The zero-order chi connectivity index (χ0) is 57.8. The van der Waals surface area contributed by atoms with Gasteiger partial charge in [-0.2, -0.15) is 0 Å². The Balaban J connectivity index is 0.763. The second-order valence-corrected chi connectivity index (χ2v) is 22.9. The lowest BCUT2D eigenvalue weighted by atomic mass is 9.92. The number of hydrogen-bond donors (Lipinski definition) is 0. The van der Waals surface area contributed by atoms with Crippen molar-refractivity contribution in [2.75, 3.05) is 0 Å². The summed E-state index contributed by atoms with van der Waals surface area (Å²) in [7, 11) is 0. The molecule has 0 aliphatic carbocycles. The second kappa shape index (κ2) is 19.9. The molecule has 410 valence electrons. The van der Waals surface area contributed by atoms with E-state index < -0.39 is 0 Å². The zero-order valence-electron chi connectivity index (χ0n) is 47.7. The van der Waals surface area contributed by atoms with E-state index in [0.29, 0.717) is 0 Å². The highest BCUT2D eigenvalue weighted by molar-refractivity contribution is 6.12. The van der Waals surface area contributed by atoms with E-state index in [4.69, 9.17) is 9.97 Å². The fourth-order valence-electron chi connectivity index (χ4n) is 13.9. The highest BCUT2D eigenvalue weighted by atomic mass is 15.1. The van der Waals surface area contributed by atoms with E-state index in [1.54, 1.807) is 0 Å². The van der Waals surface area contributed by atoms with Crippen molar-refractivity contribution < 1.29 is 0 Å². The van der Waals surface area contributed by atoms with E-state index in [1.807, 2.05) is 0 Å². The van der Waals surface area contributed by atoms with Crippen LogP contribution in [0.2, 0.25) is 0 Å². The first-order valence-corrected chi connectivity index (χ1v) is 30.0. The summed E-state index contributed by atoms with van der Waals surface area (Å²) in [5.41, 5.74) is 20.2. The van der Waals surface area contributed by atoms with Crippen molar-refractivity contribution in [1.29, 1.82) is 0 Å². The van der Waals surface area contributed by atoms with Gasteiger partial charge >= 0.3 is 0 Å². The van der Waals surface area contributed by atoms with Gasteiger partial charge in [-0.15, -0.1) is 0 Å². The van der Waals surface area contributed by atoms with Crippen LogP contribution in [0, 0.1) is 0 Å². The SMILES string of the molecule is c1ccc(-c2cc(-c3ccc(-c4cc(-n5c6ccccc6c6ccccc65)nc(-n5c6ccccc6c6ccccc65)c4)cc3)cc(-c3ccc(-c4cc(-n5c6ccccc6c6ccccc65)nc(-n5c6ccccc6c6ccccc65)c4)cc3)c2)cc1. The first-order chi connectivity index (χ1) is 43.6. The smallest absolute Gasteiger partial charge is 0.140 e. The Morgan fingerprint density at radius 3 is 0.534 bits per heavy atom. The third-order valence-electron chi connectivity index (χ3n) is 18.0. The molecule has 0 aliphatic rings. The van der Waals surface area contributed by atoms with Gasteiger partial charge in [-0.25, -0.2) is 9.97 Å². The molecule has 0 saturated carbocycles. The molecule has 6 heteroatoms. The average Bonchev–Trinajstić information content (AvgIpc) is 2.28. The van der Waals surface area contributed by atoms with Gasteiger partial charge < -0.3 is 0 Å². The number of aromatic nitrogens is 6. The summed E-state index contributed by atoms with van der Waals surface area (Å²) in [6.45, 7) is 0. The minimum Gasteiger partial charge on any atom is -0.294 e. The van der Waals surface area contributed by atoms with Gasteiger partial charge in [0, 0.05) is 43.1 Å². The van der Waals surface area contributed by atoms with Crippen LogP contribution in [0.25, 0.3) is 166 Å². The molecule has 0 unspecified atom stereocenters. The fraction of sp³-hybridized carbons (Fsp3) is 0. The molecule has 0 saturated heterocycles. The van der Waals surface area contributed by atoms with Crippen LogP contribution in [0.3, 0.4) is 0 Å². The largest absolute Gasteiger partial charge is 0.294 e. The lowest BCUT2D eigenvalue weighted by Crippen LogP contribution is -2.04. The van der Waals surface area contributed by atoms with Gasteiger partial charge in [0.25, 0.3) is 0 Å². The monoisotopic (exact) mass is 1120 g/mol. The van der Waals surface area contributed by atoms with Crippen LogP contribution in [0.5, 0.6) is 0 Å². The molecule has 0 bridgehead atoms.